The summed E-state index contributed by atoms with van der Waals surface area (Å²) in [4.78, 5) is 37.6. The average molecular weight is 538 g/mol. The van der Waals surface area contributed by atoms with E-state index in [0.717, 1.165) is 37.6 Å². The molecule has 2 aliphatic heterocycles. The maximum absolute atomic E-state index is 14.8. The Kier molecular flexibility index (Phi) is 6.96. The molecule has 3 aliphatic rings. The Labute approximate surface area is 231 Å². The zero-order chi connectivity index (χ0) is 27.8. The number of carbonyl (C=O) groups excluding carboxylic acids is 1. The van der Waals surface area contributed by atoms with Gasteiger partial charge in [0.15, 0.2) is 11.7 Å². The predicted octanol–water partition coefficient (Wildman–Crippen LogP) is 3.68. The second-order valence-electron chi connectivity index (χ2n) is 10.6. The summed E-state index contributed by atoms with van der Waals surface area (Å²) in [5, 5.41) is 9.28. The molecule has 3 heterocycles. The summed E-state index contributed by atoms with van der Waals surface area (Å²) in [5.74, 6) is -0.196. The third kappa shape index (κ3) is 4.92. The Hall–Kier alpha value is -4.26. The monoisotopic (exact) mass is 537 g/mol. The number of aliphatic imine (C=N–C) groups is 2. The van der Waals surface area contributed by atoms with E-state index in [2.05, 4.69) is 21.9 Å². The van der Waals surface area contributed by atoms with Crippen molar-refractivity contribution >= 4 is 17.8 Å². The second-order valence-corrected chi connectivity index (χ2v) is 10.6. The molecule has 0 spiro atoms. The van der Waals surface area contributed by atoms with Crippen LogP contribution in [-0.2, 0) is 11.3 Å². The van der Waals surface area contributed by atoms with Gasteiger partial charge in [0.05, 0.1) is 31.3 Å². The fourth-order valence-electron chi connectivity index (χ4n) is 5.56. The fraction of sp³-hybridized carbons (Fsp3) is 0.323. The Bertz CT molecular complexity index is 1660. The minimum absolute atomic E-state index is 0.00307. The minimum Gasteiger partial charge on any atom is -0.370 e. The molecule has 0 N–H and O–H groups in total. The number of carbonyl (C=O) groups is 1. The lowest BCUT2D eigenvalue weighted by molar-refractivity contribution is 0.0529. The lowest BCUT2D eigenvalue weighted by Gasteiger charge is -2.29. The van der Waals surface area contributed by atoms with Crippen LogP contribution in [0.3, 0.4) is 0 Å². The van der Waals surface area contributed by atoms with Crippen LogP contribution in [0.25, 0.3) is 11.1 Å². The number of hydrogen-bond donors (Lipinski definition) is 0. The van der Waals surface area contributed by atoms with Crippen molar-refractivity contribution in [2.24, 2.45) is 15.9 Å². The van der Waals surface area contributed by atoms with E-state index in [1.807, 2.05) is 30.3 Å². The molecule has 202 valence electrons. The number of piperidine rings is 1. The molecule has 0 bridgehead atoms. The molecular formula is C31H28FN5O3. The maximum Gasteiger partial charge on any atom is 0.287 e. The van der Waals surface area contributed by atoms with E-state index < -0.39 is 11.4 Å². The smallest absolute Gasteiger partial charge is 0.287 e. The topological polar surface area (TPSA) is 100 Å². The van der Waals surface area contributed by atoms with E-state index in [0.29, 0.717) is 52.7 Å². The minimum atomic E-state index is -0.953. The third-order valence-corrected chi connectivity index (χ3v) is 7.84. The number of ether oxygens (including phenoxy) is 1. The van der Waals surface area contributed by atoms with E-state index in [-0.39, 0.29) is 24.1 Å². The van der Waals surface area contributed by atoms with Crippen molar-refractivity contribution in [2.75, 3.05) is 33.3 Å². The standard InChI is InChI=1S/C31H28FN5O3/c1-36-9-7-19(8-10-36)18-40-23-15-34-30(35-16-23)22-4-2-3-21(11-22)17-37-28-26(13-27(32)31(37)39)25-12-20(14-33)5-6-24(25)29(28)38/h2-6,11-13,15,19,23H,7-10,16-18H2,1H3. The summed E-state index contributed by atoms with van der Waals surface area (Å²) in [6.07, 6.45) is 3.91. The first-order chi connectivity index (χ1) is 19.4. The number of ketones is 1. The van der Waals surface area contributed by atoms with Crippen LogP contribution in [0.1, 0.15) is 45.6 Å². The van der Waals surface area contributed by atoms with Gasteiger partial charge in [0.2, 0.25) is 5.78 Å². The Balaban J connectivity index is 1.20. The van der Waals surface area contributed by atoms with Crippen molar-refractivity contribution in [1.82, 2.24) is 9.47 Å². The van der Waals surface area contributed by atoms with Crippen LogP contribution in [0.2, 0.25) is 0 Å². The number of hydrogen-bond acceptors (Lipinski definition) is 7. The van der Waals surface area contributed by atoms with Gasteiger partial charge in [0, 0.05) is 22.9 Å². The fourth-order valence-corrected chi connectivity index (χ4v) is 5.56. The molecule has 1 aromatic heterocycles. The molecule has 6 rings (SSSR count). The number of nitrogens with zero attached hydrogens (tertiary/aromatic N) is 5. The Morgan fingerprint density at radius 1 is 1.07 bits per heavy atom. The first kappa shape index (κ1) is 26.0. The number of benzene rings is 2. The van der Waals surface area contributed by atoms with Gasteiger partial charge >= 0.3 is 0 Å². The number of fused-ring (bicyclic) bond motifs is 3. The van der Waals surface area contributed by atoms with Gasteiger partial charge in [0.25, 0.3) is 5.56 Å². The zero-order valence-electron chi connectivity index (χ0n) is 22.1. The lowest BCUT2D eigenvalue weighted by atomic mass is 9.98. The van der Waals surface area contributed by atoms with E-state index >= 15 is 0 Å². The number of amidine groups is 1. The van der Waals surface area contributed by atoms with Crippen LogP contribution in [0.5, 0.6) is 0 Å². The van der Waals surface area contributed by atoms with Crippen molar-refractivity contribution in [2.45, 2.75) is 25.5 Å². The number of pyridine rings is 1. The van der Waals surface area contributed by atoms with Gasteiger partial charge < -0.3 is 9.64 Å². The third-order valence-electron chi connectivity index (χ3n) is 7.84. The molecule has 3 aromatic rings. The SMILES string of the molecule is CN1CCC(COC2C=NC(c3cccc(Cn4c5c(cc(F)c4=O)-c4cc(C#N)ccc4C5=O)c3)=NC2)CC1. The molecule has 2 aromatic carbocycles. The van der Waals surface area contributed by atoms with Crippen LogP contribution in [0.15, 0.2) is 63.3 Å². The Morgan fingerprint density at radius 3 is 2.65 bits per heavy atom. The number of rotatable bonds is 6. The van der Waals surface area contributed by atoms with Crippen molar-refractivity contribution in [3.63, 3.8) is 0 Å². The molecule has 40 heavy (non-hydrogen) atoms. The highest BCUT2D eigenvalue weighted by Gasteiger charge is 2.32. The first-order valence-electron chi connectivity index (χ1n) is 13.4. The molecule has 1 saturated heterocycles. The predicted molar refractivity (Wildman–Crippen MR) is 150 cm³/mol. The van der Waals surface area contributed by atoms with Crippen molar-refractivity contribution in [1.29, 1.82) is 5.26 Å². The van der Waals surface area contributed by atoms with Gasteiger partial charge in [-0.2, -0.15) is 5.26 Å². The molecule has 1 unspecified atom stereocenters. The summed E-state index contributed by atoms with van der Waals surface area (Å²) in [5.41, 5.74) is 2.19. The van der Waals surface area contributed by atoms with Crippen LogP contribution in [0.4, 0.5) is 4.39 Å². The highest BCUT2D eigenvalue weighted by atomic mass is 19.1. The van der Waals surface area contributed by atoms with Crippen LogP contribution >= 0.6 is 0 Å². The normalized spacial score (nSPS) is 18.8. The number of halogens is 1. The van der Waals surface area contributed by atoms with Crippen molar-refractivity contribution in [3.05, 3.63) is 92.6 Å². The lowest BCUT2D eigenvalue weighted by Crippen LogP contribution is -2.34. The van der Waals surface area contributed by atoms with Gasteiger partial charge in [-0.15, -0.1) is 0 Å². The van der Waals surface area contributed by atoms with Gasteiger partial charge in [-0.05, 0) is 80.4 Å². The molecule has 8 nitrogen and oxygen atoms in total. The van der Waals surface area contributed by atoms with Crippen molar-refractivity contribution < 1.29 is 13.9 Å². The van der Waals surface area contributed by atoms with Gasteiger partial charge in [-0.1, -0.05) is 18.2 Å². The van der Waals surface area contributed by atoms with Crippen LogP contribution < -0.4 is 5.56 Å². The largest absolute Gasteiger partial charge is 0.370 e. The molecule has 1 aliphatic carbocycles. The summed E-state index contributed by atoms with van der Waals surface area (Å²) >= 11 is 0. The molecule has 0 radical (unpaired) electrons. The summed E-state index contributed by atoms with van der Waals surface area (Å²) < 4.78 is 22.0. The maximum atomic E-state index is 14.8. The number of likely N-dealkylation sites (tertiary alicyclic amines) is 1. The first-order valence-corrected chi connectivity index (χ1v) is 13.4. The number of nitriles is 1. The zero-order valence-corrected chi connectivity index (χ0v) is 22.1. The molecule has 0 saturated carbocycles. The molecule has 0 amide bonds. The summed E-state index contributed by atoms with van der Waals surface area (Å²) in [7, 11) is 2.14. The molecule has 1 atom stereocenters. The van der Waals surface area contributed by atoms with Crippen LogP contribution in [0, 0.1) is 23.1 Å². The molecular weight excluding hydrogens is 509 g/mol. The average Bonchev–Trinajstić information content (AvgIpc) is 3.25. The van der Waals surface area contributed by atoms with Gasteiger partial charge in [0.1, 0.15) is 11.8 Å². The second kappa shape index (κ2) is 10.7. The van der Waals surface area contributed by atoms with Crippen molar-refractivity contribution in [3.8, 4) is 17.2 Å². The summed E-state index contributed by atoms with van der Waals surface area (Å²) in [6, 6.07) is 15.1. The molecule has 1 fully saturated rings. The van der Waals surface area contributed by atoms with E-state index in [1.54, 1.807) is 24.4 Å². The van der Waals surface area contributed by atoms with E-state index in [9.17, 15) is 19.2 Å². The van der Waals surface area contributed by atoms with E-state index in [1.165, 1.54) is 4.57 Å². The van der Waals surface area contributed by atoms with Gasteiger partial charge in [-0.25, -0.2) is 9.38 Å². The number of aromatic nitrogens is 1. The van der Waals surface area contributed by atoms with E-state index in [4.69, 9.17) is 4.74 Å². The van der Waals surface area contributed by atoms with Gasteiger partial charge in [-0.3, -0.25) is 19.1 Å². The Morgan fingerprint density at radius 2 is 1.90 bits per heavy atom. The highest BCUT2D eigenvalue weighted by Crippen LogP contribution is 2.37. The molecule has 9 heteroatoms. The highest BCUT2D eigenvalue weighted by molar-refractivity contribution is 6.20. The summed E-state index contributed by atoms with van der Waals surface area (Å²) in [6.45, 7) is 3.37. The van der Waals surface area contributed by atoms with Crippen LogP contribution in [-0.4, -0.2) is 66.7 Å². The quantitative estimate of drug-likeness (QED) is 0.374.